The van der Waals surface area contributed by atoms with Gasteiger partial charge in [0.2, 0.25) is 0 Å². The molecule has 0 amide bonds. The zero-order chi connectivity index (χ0) is 19.8. The summed E-state index contributed by atoms with van der Waals surface area (Å²) in [6, 6.07) is 7.69. The van der Waals surface area contributed by atoms with Crippen molar-refractivity contribution in [3.8, 4) is 5.75 Å². The number of rotatable bonds is 6. The van der Waals surface area contributed by atoms with Crippen molar-refractivity contribution in [3.05, 3.63) is 53.1 Å². The summed E-state index contributed by atoms with van der Waals surface area (Å²) in [5, 5.41) is 8.51. The van der Waals surface area contributed by atoms with Crippen molar-refractivity contribution in [2.75, 3.05) is 11.8 Å². The first-order valence-electron chi connectivity index (χ1n) is 8.41. The van der Waals surface area contributed by atoms with Crippen LogP contribution in [-0.4, -0.2) is 35.1 Å². The molecule has 27 heavy (non-hydrogen) atoms. The average Bonchev–Trinajstić information content (AvgIpc) is 3.09. The average molecular weight is 389 g/mol. The minimum atomic E-state index is -3.75. The van der Waals surface area contributed by atoms with Crippen molar-refractivity contribution >= 4 is 15.7 Å². The van der Waals surface area contributed by atoms with E-state index in [2.05, 4.69) is 14.9 Å². The van der Waals surface area contributed by atoms with E-state index in [0.29, 0.717) is 23.6 Å². The molecule has 3 aromatic rings. The van der Waals surface area contributed by atoms with Crippen molar-refractivity contribution < 1.29 is 13.2 Å². The van der Waals surface area contributed by atoms with Gasteiger partial charge in [-0.2, -0.15) is 10.2 Å². The van der Waals surface area contributed by atoms with Gasteiger partial charge in [-0.25, -0.2) is 8.42 Å². The fraction of sp³-hybridized carbons (Fsp3) is 0.333. The van der Waals surface area contributed by atoms with E-state index in [4.69, 9.17) is 4.74 Å². The number of methoxy groups -OCH3 is 1. The van der Waals surface area contributed by atoms with E-state index in [1.165, 1.54) is 10.9 Å². The van der Waals surface area contributed by atoms with Gasteiger partial charge < -0.3 is 4.74 Å². The van der Waals surface area contributed by atoms with E-state index in [1.54, 1.807) is 32.7 Å². The molecular formula is C18H23N5O3S. The second-order valence-electron chi connectivity index (χ2n) is 6.38. The van der Waals surface area contributed by atoms with Crippen molar-refractivity contribution in [2.45, 2.75) is 32.2 Å². The number of aromatic nitrogens is 4. The fourth-order valence-corrected chi connectivity index (χ4v) is 4.26. The minimum absolute atomic E-state index is 0.157. The van der Waals surface area contributed by atoms with Crippen molar-refractivity contribution in [2.24, 2.45) is 7.05 Å². The highest BCUT2D eigenvalue weighted by Gasteiger charge is 2.23. The number of ether oxygens (including phenoxy) is 1. The molecule has 3 rings (SSSR count). The Hall–Kier alpha value is -2.81. The molecule has 0 spiro atoms. The molecule has 0 unspecified atom stereocenters. The fourth-order valence-electron chi connectivity index (χ4n) is 2.87. The van der Waals surface area contributed by atoms with Crippen LogP contribution < -0.4 is 9.46 Å². The van der Waals surface area contributed by atoms with Crippen LogP contribution in [0.3, 0.4) is 0 Å². The van der Waals surface area contributed by atoms with Crippen molar-refractivity contribution in [1.82, 2.24) is 19.6 Å². The number of benzene rings is 1. The monoisotopic (exact) mass is 389 g/mol. The molecule has 0 atom stereocenters. The van der Waals surface area contributed by atoms with Crippen LogP contribution in [0.15, 0.2) is 35.4 Å². The molecule has 0 fully saturated rings. The molecule has 2 aromatic heterocycles. The quantitative estimate of drug-likeness (QED) is 0.699. The highest BCUT2D eigenvalue weighted by molar-refractivity contribution is 7.92. The molecule has 0 radical (unpaired) electrons. The first-order chi connectivity index (χ1) is 12.7. The van der Waals surface area contributed by atoms with E-state index >= 15 is 0 Å². The van der Waals surface area contributed by atoms with Gasteiger partial charge in [-0.05, 0) is 38.5 Å². The third-order valence-corrected chi connectivity index (χ3v) is 6.02. The number of sulfonamides is 1. The van der Waals surface area contributed by atoms with Crippen LogP contribution in [0, 0.1) is 20.8 Å². The van der Waals surface area contributed by atoms with Crippen LogP contribution in [0.4, 0.5) is 5.69 Å². The number of aryl methyl sites for hydroxylation is 2. The third-order valence-electron chi connectivity index (χ3n) is 4.56. The largest absolute Gasteiger partial charge is 0.497 e. The lowest BCUT2D eigenvalue weighted by Crippen LogP contribution is -2.15. The number of hydrogen-bond acceptors (Lipinski definition) is 5. The maximum absolute atomic E-state index is 12.8. The maximum atomic E-state index is 12.8. The first kappa shape index (κ1) is 19.0. The van der Waals surface area contributed by atoms with Crippen LogP contribution in [0.1, 0.15) is 22.6 Å². The summed E-state index contributed by atoms with van der Waals surface area (Å²) in [6.45, 7) is 5.85. The lowest BCUT2D eigenvalue weighted by molar-refractivity contribution is 0.414. The Kier molecular flexibility index (Phi) is 4.97. The van der Waals surface area contributed by atoms with Gasteiger partial charge in [0.1, 0.15) is 10.6 Å². The van der Waals surface area contributed by atoms with Crippen LogP contribution >= 0.6 is 0 Å². The molecule has 144 valence electrons. The Balaban J connectivity index is 1.90. The van der Waals surface area contributed by atoms with E-state index in [-0.39, 0.29) is 4.90 Å². The van der Waals surface area contributed by atoms with Gasteiger partial charge in [0.05, 0.1) is 42.6 Å². The second-order valence-corrected chi connectivity index (χ2v) is 8.03. The smallest absolute Gasteiger partial charge is 0.265 e. The number of hydrogen-bond donors (Lipinski definition) is 1. The Morgan fingerprint density at radius 1 is 1.19 bits per heavy atom. The lowest BCUT2D eigenvalue weighted by Gasteiger charge is -2.09. The van der Waals surface area contributed by atoms with Gasteiger partial charge in [0.15, 0.2) is 0 Å². The Morgan fingerprint density at radius 3 is 2.56 bits per heavy atom. The molecule has 9 heteroatoms. The summed E-state index contributed by atoms with van der Waals surface area (Å²) in [6.07, 6.45) is 1.35. The molecular weight excluding hydrogens is 366 g/mol. The van der Waals surface area contributed by atoms with Gasteiger partial charge >= 0.3 is 0 Å². The Morgan fingerprint density at radius 2 is 1.93 bits per heavy atom. The second kappa shape index (κ2) is 7.07. The predicted molar refractivity (Wildman–Crippen MR) is 103 cm³/mol. The van der Waals surface area contributed by atoms with Crippen LogP contribution in [-0.2, 0) is 23.6 Å². The molecule has 2 heterocycles. The molecule has 0 saturated carbocycles. The van der Waals surface area contributed by atoms with Crippen LogP contribution in [0.25, 0.3) is 0 Å². The summed E-state index contributed by atoms with van der Waals surface area (Å²) in [5.41, 5.74) is 3.42. The van der Waals surface area contributed by atoms with E-state index in [9.17, 15) is 8.42 Å². The molecule has 0 saturated heterocycles. The molecule has 0 aliphatic rings. The van der Waals surface area contributed by atoms with E-state index in [1.807, 2.05) is 31.2 Å². The van der Waals surface area contributed by atoms with Gasteiger partial charge in [0.25, 0.3) is 10.0 Å². The summed E-state index contributed by atoms with van der Waals surface area (Å²) in [7, 11) is -0.419. The molecule has 8 nitrogen and oxygen atoms in total. The van der Waals surface area contributed by atoms with Gasteiger partial charge in [-0.3, -0.25) is 14.1 Å². The van der Waals surface area contributed by atoms with Crippen molar-refractivity contribution in [1.29, 1.82) is 0 Å². The highest BCUT2D eigenvalue weighted by Crippen LogP contribution is 2.25. The molecule has 1 aromatic carbocycles. The summed E-state index contributed by atoms with van der Waals surface area (Å²) in [5.74, 6) is 0.766. The minimum Gasteiger partial charge on any atom is -0.497 e. The first-order valence-corrected chi connectivity index (χ1v) is 9.89. The number of nitrogens with one attached hydrogen (secondary N) is 1. The number of anilines is 1. The normalized spacial score (nSPS) is 11.6. The Bertz CT molecular complexity index is 1080. The van der Waals surface area contributed by atoms with Crippen LogP contribution in [0.5, 0.6) is 5.75 Å². The SMILES string of the molecule is COc1cccc(Cn2nc(C)c(NS(=O)(=O)c3cnn(C)c3C)c2C)c1. The summed E-state index contributed by atoms with van der Waals surface area (Å²) >= 11 is 0. The highest BCUT2D eigenvalue weighted by atomic mass is 32.2. The maximum Gasteiger partial charge on any atom is 0.265 e. The molecule has 0 bridgehead atoms. The zero-order valence-corrected chi connectivity index (χ0v) is 16.8. The predicted octanol–water partition coefficient (Wildman–Crippen LogP) is 2.40. The third kappa shape index (κ3) is 3.68. The zero-order valence-electron chi connectivity index (χ0n) is 16.0. The summed E-state index contributed by atoms with van der Waals surface area (Å²) < 4.78 is 36.8. The van der Waals surface area contributed by atoms with Gasteiger partial charge in [-0.1, -0.05) is 12.1 Å². The lowest BCUT2D eigenvalue weighted by atomic mass is 10.2. The van der Waals surface area contributed by atoms with E-state index < -0.39 is 10.0 Å². The van der Waals surface area contributed by atoms with Gasteiger partial charge in [-0.15, -0.1) is 0 Å². The number of nitrogens with zero attached hydrogens (tertiary/aromatic N) is 4. The molecule has 0 aliphatic heterocycles. The topological polar surface area (TPSA) is 91.0 Å². The van der Waals surface area contributed by atoms with E-state index in [0.717, 1.165) is 17.0 Å². The summed E-state index contributed by atoms with van der Waals surface area (Å²) in [4.78, 5) is 0.157. The van der Waals surface area contributed by atoms with Crippen LogP contribution in [0.2, 0.25) is 0 Å². The Labute approximate surface area is 158 Å². The molecule has 1 N–H and O–H groups in total. The van der Waals surface area contributed by atoms with Crippen molar-refractivity contribution in [3.63, 3.8) is 0 Å². The molecule has 0 aliphatic carbocycles. The van der Waals surface area contributed by atoms with Gasteiger partial charge in [0, 0.05) is 7.05 Å². The standard InChI is InChI=1S/C18H23N5O3S/c1-12-18(21-27(24,25)17-10-19-22(4)13(17)2)14(3)23(20-12)11-15-7-6-8-16(9-15)26-5/h6-10,21H,11H2,1-5H3.